The van der Waals surface area contributed by atoms with E-state index >= 15 is 0 Å². The van der Waals surface area contributed by atoms with Crippen LogP contribution < -0.4 is 9.64 Å². The number of aryl methyl sites for hydroxylation is 2. The normalized spacial score (nSPS) is 16.4. The average molecular weight is 297 g/mol. The summed E-state index contributed by atoms with van der Waals surface area (Å²) in [6, 6.07) is 4.10. The van der Waals surface area contributed by atoms with Gasteiger partial charge in [0.1, 0.15) is 5.75 Å². The first kappa shape index (κ1) is 15.7. The zero-order chi connectivity index (χ0) is 14.4. The van der Waals surface area contributed by atoms with Crippen LogP contribution in [-0.2, 0) is 0 Å². The molecular weight excluding hydrogens is 270 g/mol. The third kappa shape index (κ3) is 4.68. The summed E-state index contributed by atoms with van der Waals surface area (Å²) in [6.45, 7) is 8.92. The van der Waals surface area contributed by atoms with Crippen molar-refractivity contribution in [1.82, 2.24) is 0 Å². The first-order chi connectivity index (χ1) is 9.66. The van der Waals surface area contributed by atoms with Gasteiger partial charge in [0.2, 0.25) is 0 Å². The molecule has 1 fully saturated rings. The van der Waals surface area contributed by atoms with Crippen LogP contribution in [0.5, 0.6) is 5.75 Å². The van der Waals surface area contributed by atoms with E-state index in [1.165, 1.54) is 50.9 Å². The molecule has 1 aliphatic rings. The predicted molar refractivity (Wildman–Crippen MR) is 85.1 cm³/mol. The second-order valence-corrected chi connectivity index (χ2v) is 6.42. The fourth-order valence-electron chi connectivity index (χ4n) is 3.04. The van der Waals surface area contributed by atoms with Crippen LogP contribution in [0.25, 0.3) is 0 Å². The Kier molecular flexibility index (Phi) is 6.18. The fourth-order valence-corrected chi connectivity index (χ4v) is 3.41. The lowest BCUT2D eigenvalue weighted by atomic mass is 10.1. The van der Waals surface area contributed by atoms with Gasteiger partial charge in [0.15, 0.2) is 0 Å². The Balaban J connectivity index is 1.68. The average Bonchev–Trinajstić information content (AvgIpc) is 2.42. The van der Waals surface area contributed by atoms with Crippen LogP contribution in [0.1, 0.15) is 43.2 Å². The maximum atomic E-state index is 6.24. The fraction of sp³-hybridized carbons (Fsp3) is 0.647. The lowest BCUT2D eigenvalue weighted by Crippen LogP contribution is -3.12. The van der Waals surface area contributed by atoms with Gasteiger partial charge in [-0.05, 0) is 63.1 Å². The molecule has 2 rings (SSSR count). The number of quaternary nitrogens is 1. The van der Waals surface area contributed by atoms with E-state index in [1.54, 1.807) is 4.90 Å². The van der Waals surface area contributed by atoms with Crippen molar-refractivity contribution in [1.29, 1.82) is 0 Å². The minimum absolute atomic E-state index is 0.740. The van der Waals surface area contributed by atoms with Gasteiger partial charge in [0, 0.05) is 0 Å². The Hall–Kier alpha value is -0.730. The topological polar surface area (TPSA) is 13.7 Å². The third-order valence-electron chi connectivity index (χ3n) is 4.11. The van der Waals surface area contributed by atoms with Crippen molar-refractivity contribution in [2.75, 3.05) is 26.2 Å². The van der Waals surface area contributed by atoms with E-state index in [1.807, 2.05) is 6.07 Å². The summed E-state index contributed by atoms with van der Waals surface area (Å²) >= 11 is 6.24. The molecule has 1 aromatic rings. The van der Waals surface area contributed by atoms with Crippen LogP contribution in [0.3, 0.4) is 0 Å². The molecule has 2 nitrogen and oxygen atoms in total. The summed E-state index contributed by atoms with van der Waals surface area (Å²) in [5.41, 5.74) is 2.32. The Morgan fingerprint density at radius 1 is 1.10 bits per heavy atom. The molecule has 0 saturated carbocycles. The van der Waals surface area contributed by atoms with Gasteiger partial charge in [0.25, 0.3) is 0 Å². The van der Waals surface area contributed by atoms with Crippen molar-refractivity contribution in [2.45, 2.75) is 46.0 Å². The van der Waals surface area contributed by atoms with Crippen molar-refractivity contribution in [2.24, 2.45) is 0 Å². The molecule has 0 unspecified atom stereocenters. The smallest absolute Gasteiger partial charge is 0.140 e. The van der Waals surface area contributed by atoms with Gasteiger partial charge in [-0.15, -0.1) is 0 Å². The van der Waals surface area contributed by atoms with Crippen LogP contribution >= 0.6 is 11.6 Å². The third-order valence-corrected chi connectivity index (χ3v) is 4.39. The highest BCUT2D eigenvalue weighted by molar-refractivity contribution is 6.32. The Morgan fingerprint density at radius 2 is 1.85 bits per heavy atom. The molecule has 0 radical (unpaired) electrons. The zero-order valence-corrected chi connectivity index (χ0v) is 13.6. The highest BCUT2D eigenvalue weighted by Gasteiger charge is 2.12. The standard InChI is InChI=1S/C17H26ClNO/c1-14-12-15(2)17(16(18)13-14)20-11-7-6-10-19-8-4-3-5-9-19/h12-13H,3-11H2,1-2H3/p+1. The number of hydrogen-bond donors (Lipinski definition) is 1. The predicted octanol–water partition coefficient (Wildman–Crippen LogP) is 3.18. The molecule has 0 spiro atoms. The van der Waals surface area contributed by atoms with Gasteiger partial charge >= 0.3 is 0 Å². The number of halogens is 1. The number of hydrogen-bond acceptors (Lipinski definition) is 1. The molecule has 112 valence electrons. The summed E-state index contributed by atoms with van der Waals surface area (Å²) in [6.07, 6.45) is 6.61. The number of unbranched alkanes of at least 4 members (excludes halogenated alkanes) is 1. The summed E-state index contributed by atoms with van der Waals surface area (Å²) in [5, 5.41) is 0.740. The van der Waals surface area contributed by atoms with Crippen LogP contribution in [-0.4, -0.2) is 26.2 Å². The van der Waals surface area contributed by atoms with Crippen molar-refractivity contribution in [3.63, 3.8) is 0 Å². The van der Waals surface area contributed by atoms with E-state index in [0.29, 0.717) is 0 Å². The minimum atomic E-state index is 0.740. The van der Waals surface area contributed by atoms with Gasteiger partial charge in [-0.1, -0.05) is 17.7 Å². The van der Waals surface area contributed by atoms with Crippen molar-refractivity contribution in [3.8, 4) is 5.75 Å². The maximum Gasteiger partial charge on any atom is 0.140 e. The van der Waals surface area contributed by atoms with Crippen molar-refractivity contribution in [3.05, 3.63) is 28.3 Å². The number of benzene rings is 1. The SMILES string of the molecule is Cc1cc(C)c(OCCCC[NH+]2CCCCC2)c(Cl)c1. The van der Waals surface area contributed by atoms with Gasteiger partial charge < -0.3 is 9.64 Å². The van der Waals surface area contributed by atoms with E-state index < -0.39 is 0 Å². The van der Waals surface area contributed by atoms with Crippen LogP contribution in [0.15, 0.2) is 12.1 Å². The van der Waals surface area contributed by atoms with Gasteiger partial charge in [-0.25, -0.2) is 0 Å². The van der Waals surface area contributed by atoms with Crippen molar-refractivity contribution < 1.29 is 9.64 Å². The quantitative estimate of drug-likeness (QED) is 0.796. The number of nitrogens with one attached hydrogen (secondary N) is 1. The molecule has 1 N–H and O–H groups in total. The van der Waals surface area contributed by atoms with Crippen LogP contribution in [0.2, 0.25) is 5.02 Å². The zero-order valence-electron chi connectivity index (χ0n) is 12.8. The number of rotatable bonds is 6. The molecule has 20 heavy (non-hydrogen) atoms. The molecule has 3 heteroatoms. The molecule has 0 bridgehead atoms. The van der Waals surface area contributed by atoms with E-state index in [0.717, 1.165) is 29.4 Å². The highest BCUT2D eigenvalue weighted by Crippen LogP contribution is 2.29. The molecular formula is C17H27ClNO+. The first-order valence-corrected chi connectivity index (χ1v) is 8.28. The van der Waals surface area contributed by atoms with Gasteiger partial charge in [-0.2, -0.15) is 0 Å². The number of likely N-dealkylation sites (tertiary alicyclic amines) is 1. The van der Waals surface area contributed by atoms with E-state index in [9.17, 15) is 0 Å². The van der Waals surface area contributed by atoms with Crippen molar-refractivity contribution >= 4 is 11.6 Å². The van der Waals surface area contributed by atoms with E-state index in [-0.39, 0.29) is 0 Å². The summed E-state index contributed by atoms with van der Waals surface area (Å²) in [7, 11) is 0. The van der Waals surface area contributed by atoms with Crippen LogP contribution in [0, 0.1) is 13.8 Å². The highest BCUT2D eigenvalue weighted by atomic mass is 35.5. The Morgan fingerprint density at radius 3 is 2.55 bits per heavy atom. The van der Waals surface area contributed by atoms with E-state index in [2.05, 4.69) is 19.9 Å². The number of ether oxygens (including phenoxy) is 1. The minimum Gasteiger partial charge on any atom is -0.492 e. The summed E-state index contributed by atoms with van der Waals surface area (Å²) < 4.78 is 5.87. The largest absolute Gasteiger partial charge is 0.492 e. The Bertz CT molecular complexity index is 404. The maximum absolute atomic E-state index is 6.24. The Labute approximate surface area is 128 Å². The second-order valence-electron chi connectivity index (χ2n) is 6.01. The van der Waals surface area contributed by atoms with Crippen LogP contribution in [0.4, 0.5) is 0 Å². The monoisotopic (exact) mass is 296 g/mol. The summed E-state index contributed by atoms with van der Waals surface area (Å²) in [4.78, 5) is 1.78. The lowest BCUT2D eigenvalue weighted by molar-refractivity contribution is -0.905. The molecule has 1 aromatic carbocycles. The molecule has 0 amide bonds. The molecule has 0 aliphatic carbocycles. The van der Waals surface area contributed by atoms with E-state index in [4.69, 9.17) is 16.3 Å². The summed E-state index contributed by atoms with van der Waals surface area (Å²) in [5.74, 6) is 0.864. The van der Waals surface area contributed by atoms with Gasteiger partial charge in [-0.3, -0.25) is 0 Å². The molecule has 1 heterocycles. The van der Waals surface area contributed by atoms with Gasteiger partial charge in [0.05, 0.1) is 31.3 Å². The first-order valence-electron chi connectivity index (χ1n) is 7.90. The lowest BCUT2D eigenvalue weighted by Gasteiger charge is -2.23. The second kappa shape index (κ2) is 7.90. The molecule has 1 aliphatic heterocycles. The number of piperidine rings is 1. The molecule has 0 aromatic heterocycles. The molecule has 0 atom stereocenters. The molecule has 1 saturated heterocycles.